The van der Waals surface area contributed by atoms with E-state index in [4.69, 9.17) is 0 Å². The summed E-state index contributed by atoms with van der Waals surface area (Å²) >= 11 is 0. The number of benzene rings is 2. The van der Waals surface area contributed by atoms with Crippen LogP contribution in [-0.4, -0.2) is 5.66 Å². The molecule has 2 aromatic rings. The van der Waals surface area contributed by atoms with Gasteiger partial charge in [0.25, 0.3) is 0 Å². The van der Waals surface area contributed by atoms with Crippen molar-refractivity contribution >= 4 is 11.4 Å². The van der Waals surface area contributed by atoms with Gasteiger partial charge >= 0.3 is 0 Å². The highest BCUT2D eigenvalue weighted by Gasteiger charge is 2.41. The molecular weight excluding hydrogens is 292 g/mol. The quantitative estimate of drug-likeness (QED) is 0.685. The predicted octanol–water partition coefficient (Wildman–Crippen LogP) is 5.84. The molecule has 0 aromatic heterocycles. The highest BCUT2D eigenvalue weighted by atomic mass is 15.4. The van der Waals surface area contributed by atoms with Gasteiger partial charge in [-0.05, 0) is 70.7 Å². The van der Waals surface area contributed by atoms with Gasteiger partial charge in [0, 0.05) is 23.3 Å². The van der Waals surface area contributed by atoms with Gasteiger partial charge in [-0.3, -0.25) is 0 Å². The number of allylic oxidation sites excluding steroid dienone is 1. The van der Waals surface area contributed by atoms with Gasteiger partial charge in [0.05, 0.1) is 0 Å². The third-order valence-corrected chi connectivity index (χ3v) is 5.15. The first-order valence-electron chi connectivity index (χ1n) is 8.65. The first-order valence-corrected chi connectivity index (χ1v) is 8.65. The average Bonchev–Trinajstić information content (AvgIpc) is 2.70. The van der Waals surface area contributed by atoms with Crippen molar-refractivity contribution in [2.75, 3.05) is 9.80 Å². The van der Waals surface area contributed by atoms with E-state index in [2.05, 4.69) is 101 Å². The molecule has 126 valence electrons. The zero-order valence-corrected chi connectivity index (χ0v) is 15.9. The van der Waals surface area contributed by atoms with Crippen LogP contribution >= 0.6 is 0 Å². The van der Waals surface area contributed by atoms with E-state index in [1.165, 1.54) is 39.3 Å². The Kier molecular flexibility index (Phi) is 3.95. The van der Waals surface area contributed by atoms with Crippen molar-refractivity contribution in [2.45, 2.75) is 54.1 Å². The highest BCUT2D eigenvalue weighted by Crippen LogP contribution is 2.43. The lowest BCUT2D eigenvalue weighted by atomic mass is 10.0. The van der Waals surface area contributed by atoms with Crippen molar-refractivity contribution in [3.8, 4) is 0 Å². The number of para-hydroxylation sites is 2. The van der Waals surface area contributed by atoms with Gasteiger partial charge in [0.1, 0.15) is 5.66 Å². The SMILES string of the molecule is CC1=CN(c2c(C)cccc2C)C(C)(C)N1c1c(C)cccc1C. The summed E-state index contributed by atoms with van der Waals surface area (Å²) in [6.45, 7) is 15.6. The standard InChI is InChI=1S/C22H28N2/c1-15-10-8-11-16(2)20(15)23-14-19(5)24(22(23,6)7)21-17(3)12-9-13-18(21)4/h8-14H,1-7H3. The maximum Gasteiger partial charge on any atom is 0.115 e. The molecule has 2 nitrogen and oxygen atoms in total. The second-order valence-electron chi connectivity index (χ2n) is 7.45. The Labute approximate surface area is 146 Å². The molecule has 0 spiro atoms. The van der Waals surface area contributed by atoms with Crippen molar-refractivity contribution in [1.82, 2.24) is 0 Å². The van der Waals surface area contributed by atoms with Gasteiger partial charge in [-0.15, -0.1) is 0 Å². The number of hydrogen-bond donors (Lipinski definition) is 0. The van der Waals surface area contributed by atoms with E-state index in [0.717, 1.165) is 0 Å². The summed E-state index contributed by atoms with van der Waals surface area (Å²) in [4.78, 5) is 4.91. The molecule has 0 saturated heterocycles. The van der Waals surface area contributed by atoms with E-state index in [9.17, 15) is 0 Å². The Morgan fingerprint density at radius 2 is 1.08 bits per heavy atom. The summed E-state index contributed by atoms with van der Waals surface area (Å²) < 4.78 is 0. The van der Waals surface area contributed by atoms with Crippen LogP contribution in [0.3, 0.4) is 0 Å². The zero-order chi connectivity index (χ0) is 17.6. The topological polar surface area (TPSA) is 6.48 Å². The molecular formula is C22H28N2. The normalized spacial score (nSPS) is 16.5. The number of rotatable bonds is 2. The van der Waals surface area contributed by atoms with Crippen molar-refractivity contribution in [1.29, 1.82) is 0 Å². The van der Waals surface area contributed by atoms with Crippen LogP contribution in [0.5, 0.6) is 0 Å². The van der Waals surface area contributed by atoms with Crippen LogP contribution in [0.25, 0.3) is 0 Å². The van der Waals surface area contributed by atoms with Gasteiger partial charge in [-0.1, -0.05) is 36.4 Å². The minimum Gasteiger partial charge on any atom is -0.322 e. The van der Waals surface area contributed by atoms with E-state index in [1.54, 1.807) is 0 Å². The molecule has 2 heteroatoms. The first kappa shape index (κ1) is 16.6. The summed E-state index contributed by atoms with van der Waals surface area (Å²) in [5, 5.41) is 0. The van der Waals surface area contributed by atoms with Gasteiger partial charge in [-0.25, -0.2) is 0 Å². The minimum atomic E-state index is -0.155. The molecule has 1 aliphatic heterocycles. The van der Waals surface area contributed by atoms with Crippen molar-refractivity contribution in [2.24, 2.45) is 0 Å². The molecule has 0 bridgehead atoms. The van der Waals surface area contributed by atoms with Gasteiger partial charge in [0.15, 0.2) is 0 Å². The van der Waals surface area contributed by atoms with E-state index in [1.807, 2.05) is 0 Å². The molecule has 1 heterocycles. The van der Waals surface area contributed by atoms with Crippen LogP contribution in [-0.2, 0) is 0 Å². The molecule has 0 atom stereocenters. The number of aryl methyl sites for hydroxylation is 4. The number of nitrogens with zero attached hydrogens (tertiary/aromatic N) is 2. The largest absolute Gasteiger partial charge is 0.322 e. The smallest absolute Gasteiger partial charge is 0.115 e. The third kappa shape index (κ3) is 2.41. The predicted molar refractivity (Wildman–Crippen MR) is 105 cm³/mol. The summed E-state index contributed by atoms with van der Waals surface area (Å²) in [6.07, 6.45) is 2.29. The van der Waals surface area contributed by atoms with Crippen LogP contribution in [0.4, 0.5) is 11.4 Å². The lowest BCUT2D eigenvalue weighted by Crippen LogP contribution is -2.50. The molecule has 0 N–H and O–H groups in total. The van der Waals surface area contributed by atoms with Crippen LogP contribution in [0.1, 0.15) is 43.0 Å². The Balaban J connectivity index is 2.16. The van der Waals surface area contributed by atoms with Gasteiger partial charge < -0.3 is 9.80 Å². The van der Waals surface area contributed by atoms with E-state index >= 15 is 0 Å². The summed E-state index contributed by atoms with van der Waals surface area (Å²) in [6, 6.07) is 13.1. The summed E-state index contributed by atoms with van der Waals surface area (Å²) in [5.74, 6) is 0. The van der Waals surface area contributed by atoms with Crippen molar-refractivity contribution < 1.29 is 0 Å². The average molecular weight is 320 g/mol. The fourth-order valence-corrected chi connectivity index (χ4v) is 4.07. The second kappa shape index (κ2) is 5.70. The lowest BCUT2D eigenvalue weighted by molar-refractivity contribution is 0.522. The third-order valence-electron chi connectivity index (χ3n) is 5.15. The van der Waals surface area contributed by atoms with Crippen LogP contribution in [0.2, 0.25) is 0 Å². The Morgan fingerprint density at radius 3 is 1.54 bits per heavy atom. The lowest BCUT2D eigenvalue weighted by Gasteiger charge is -2.43. The van der Waals surface area contributed by atoms with Gasteiger partial charge in [-0.2, -0.15) is 0 Å². The number of anilines is 2. The molecule has 0 fully saturated rings. The molecule has 0 radical (unpaired) electrons. The van der Waals surface area contributed by atoms with Crippen LogP contribution < -0.4 is 9.80 Å². The van der Waals surface area contributed by atoms with Gasteiger partial charge in [0.2, 0.25) is 0 Å². The Morgan fingerprint density at radius 1 is 0.667 bits per heavy atom. The number of hydrogen-bond acceptors (Lipinski definition) is 2. The van der Waals surface area contributed by atoms with Crippen molar-refractivity contribution in [3.05, 3.63) is 70.5 Å². The Hall–Kier alpha value is -2.22. The summed E-state index contributed by atoms with van der Waals surface area (Å²) in [7, 11) is 0. The molecule has 3 rings (SSSR count). The first-order chi connectivity index (χ1) is 11.2. The molecule has 0 saturated carbocycles. The molecule has 2 aromatic carbocycles. The summed E-state index contributed by atoms with van der Waals surface area (Å²) in [5.41, 5.74) is 9.03. The maximum atomic E-state index is 2.48. The van der Waals surface area contributed by atoms with E-state index in [-0.39, 0.29) is 5.66 Å². The van der Waals surface area contributed by atoms with E-state index < -0.39 is 0 Å². The van der Waals surface area contributed by atoms with Crippen LogP contribution in [0.15, 0.2) is 48.3 Å². The molecule has 24 heavy (non-hydrogen) atoms. The fourth-order valence-electron chi connectivity index (χ4n) is 4.07. The molecule has 0 aliphatic carbocycles. The molecule has 0 unspecified atom stereocenters. The fraction of sp³-hybridized carbons (Fsp3) is 0.364. The maximum absolute atomic E-state index is 2.48. The highest BCUT2D eigenvalue weighted by molar-refractivity contribution is 5.73. The van der Waals surface area contributed by atoms with Crippen LogP contribution in [0, 0.1) is 27.7 Å². The molecule has 1 aliphatic rings. The molecule has 0 amide bonds. The Bertz CT molecular complexity index is 774. The monoisotopic (exact) mass is 320 g/mol. The van der Waals surface area contributed by atoms with E-state index in [0.29, 0.717) is 0 Å². The zero-order valence-electron chi connectivity index (χ0n) is 15.9. The minimum absolute atomic E-state index is 0.155. The second-order valence-corrected chi connectivity index (χ2v) is 7.45. The van der Waals surface area contributed by atoms with Crippen molar-refractivity contribution in [3.63, 3.8) is 0 Å².